The molecule has 92 valence electrons. The molecular formula is C12H22N2O2. The van der Waals surface area contributed by atoms with Crippen molar-refractivity contribution in [3.8, 4) is 0 Å². The maximum Gasteiger partial charge on any atom is 0.224 e. The summed E-state index contributed by atoms with van der Waals surface area (Å²) < 4.78 is 5.48. The number of carbonyl (C=O) groups is 1. The third kappa shape index (κ3) is 2.55. The molecule has 1 amide bonds. The summed E-state index contributed by atoms with van der Waals surface area (Å²) in [6, 6.07) is 0.317. The summed E-state index contributed by atoms with van der Waals surface area (Å²) in [6.07, 6.45) is 2.32. The Kier molecular flexibility index (Phi) is 3.82. The number of nitrogens with one attached hydrogen (secondary N) is 2. The quantitative estimate of drug-likeness (QED) is 0.738. The van der Waals surface area contributed by atoms with Crippen LogP contribution in [0.25, 0.3) is 0 Å². The van der Waals surface area contributed by atoms with Gasteiger partial charge < -0.3 is 15.4 Å². The van der Waals surface area contributed by atoms with E-state index in [1.165, 1.54) is 0 Å². The topological polar surface area (TPSA) is 50.4 Å². The van der Waals surface area contributed by atoms with Crippen LogP contribution in [-0.2, 0) is 9.53 Å². The second kappa shape index (κ2) is 5.15. The first-order chi connectivity index (χ1) is 7.68. The Balaban J connectivity index is 1.75. The first kappa shape index (κ1) is 11.9. The summed E-state index contributed by atoms with van der Waals surface area (Å²) in [6.45, 7) is 6.73. The summed E-state index contributed by atoms with van der Waals surface area (Å²) in [5.74, 6) is 0.850. The van der Waals surface area contributed by atoms with Gasteiger partial charge in [-0.1, -0.05) is 0 Å². The van der Waals surface area contributed by atoms with E-state index in [2.05, 4.69) is 24.5 Å². The molecule has 2 aliphatic rings. The Morgan fingerprint density at radius 1 is 1.44 bits per heavy atom. The van der Waals surface area contributed by atoms with Crippen LogP contribution in [0.5, 0.6) is 0 Å². The van der Waals surface area contributed by atoms with Crippen LogP contribution in [-0.4, -0.2) is 37.7 Å². The molecule has 0 saturated carbocycles. The third-order valence-corrected chi connectivity index (χ3v) is 3.93. The average molecular weight is 226 g/mol. The van der Waals surface area contributed by atoms with Gasteiger partial charge >= 0.3 is 0 Å². The van der Waals surface area contributed by atoms with Crippen molar-refractivity contribution in [2.45, 2.75) is 38.8 Å². The van der Waals surface area contributed by atoms with E-state index in [0.717, 1.165) is 32.5 Å². The molecule has 2 rings (SSSR count). The van der Waals surface area contributed by atoms with Gasteiger partial charge in [0.05, 0.1) is 12.0 Å². The van der Waals surface area contributed by atoms with Crippen molar-refractivity contribution in [1.29, 1.82) is 0 Å². The van der Waals surface area contributed by atoms with Crippen molar-refractivity contribution in [2.24, 2.45) is 11.8 Å². The van der Waals surface area contributed by atoms with Crippen LogP contribution in [0.2, 0.25) is 0 Å². The first-order valence-electron chi connectivity index (χ1n) is 6.31. The zero-order valence-electron chi connectivity index (χ0n) is 10.2. The highest BCUT2D eigenvalue weighted by Crippen LogP contribution is 2.20. The van der Waals surface area contributed by atoms with E-state index in [1.54, 1.807) is 0 Å². The minimum absolute atomic E-state index is 0.151. The van der Waals surface area contributed by atoms with Crippen LogP contribution in [0.4, 0.5) is 0 Å². The molecule has 4 unspecified atom stereocenters. The number of hydrogen-bond acceptors (Lipinski definition) is 3. The predicted molar refractivity (Wildman–Crippen MR) is 62.1 cm³/mol. The van der Waals surface area contributed by atoms with Crippen molar-refractivity contribution in [2.75, 3.05) is 19.7 Å². The maximum absolute atomic E-state index is 11.9. The van der Waals surface area contributed by atoms with Crippen molar-refractivity contribution >= 4 is 5.91 Å². The molecule has 0 aromatic rings. The largest absolute Gasteiger partial charge is 0.378 e. The lowest BCUT2D eigenvalue weighted by molar-refractivity contribution is -0.125. The Morgan fingerprint density at radius 2 is 2.25 bits per heavy atom. The molecule has 2 heterocycles. The molecule has 0 aromatic carbocycles. The number of rotatable bonds is 3. The van der Waals surface area contributed by atoms with E-state index in [0.29, 0.717) is 18.1 Å². The highest BCUT2D eigenvalue weighted by Gasteiger charge is 2.30. The van der Waals surface area contributed by atoms with Gasteiger partial charge in [-0.05, 0) is 33.2 Å². The third-order valence-electron chi connectivity index (χ3n) is 3.93. The van der Waals surface area contributed by atoms with Gasteiger partial charge in [-0.25, -0.2) is 0 Å². The molecule has 2 aliphatic heterocycles. The summed E-state index contributed by atoms with van der Waals surface area (Å²) in [5.41, 5.74) is 0. The van der Waals surface area contributed by atoms with Gasteiger partial charge in [0.2, 0.25) is 5.91 Å². The smallest absolute Gasteiger partial charge is 0.224 e. The molecule has 0 spiro atoms. The van der Waals surface area contributed by atoms with Crippen LogP contribution in [0.3, 0.4) is 0 Å². The van der Waals surface area contributed by atoms with Crippen molar-refractivity contribution in [3.63, 3.8) is 0 Å². The maximum atomic E-state index is 11.9. The standard InChI is InChI=1S/C12H22N2O2/c1-8-11(3-5-13-8)12(15)14-7-10-4-6-16-9(10)2/h8-11,13H,3-7H2,1-2H3,(H,14,15). The Hall–Kier alpha value is -0.610. The molecule has 2 N–H and O–H groups in total. The highest BCUT2D eigenvalue weighted by molar-refractivity contribution is 5.79. The molecule has 2 saturated heterocycles. The second-order valence-corrected chi connectivity index (χ2v) is 5.01. The van der Waals surface area contributed by atoms with E-state index in [4.69, 9.17) is 4.74 Å². The van der Waals surface area contributed by atoms with Gasteiger partial charge in [-0.3, -0.25) is 4.79 Å². The molecular weight excluding hydrogens is 204 g/mol. The molecule has 4 heteroatoms. The van der Waals surface area contributed by atoms with Gasteiger partial charge in [-0.2, -0.15) is 0 Å². The van der Waals surface area contributed by atoms with E-state index < -0.39 is 0 Å². The van der Waals surface area contributed by atoms with Crippen LogP contribution in [0.15, 0.2) is 0 Å². The lowest BCUT2D eigenvalue weighted by Crippen LogP contribution is -2.39. The number of hydrogen-bond donors (Lipinski definition) is 2. The van der Waals surface area contributed by atoms with Crippen molar-refractivity contribution < 1.29 is 9.53 Å². The summed E-state index contributed by atoms with van der Waals surface area (Å²) in [7, 11) is 0. The fourth-order valence-electron chi connectivity index (χ4n) is 2.62. The van der Waals surface area contributed by atoms with Crippen LogP contribution in [0, 0.1) is 11.8 Å². The second-order valence-electron chi connectivity index (χ2n) is 5.01. The average Bonchev–Trinajstić information content (AvgIpc) is 2.84. The molecule has 0 aliphatic carbocycles. The fraction of sp³-hybridized carbons (Fsp3) is 0.917. The zero-order valence-corrected chi connectivity index (χ0v) is 10.2. The number of carbonyl (C=O) groups excluding carboxylic acids is 1. The Bertz CT molecular complexity index is 257. The normalized spacial score (nSPS) is 38.9. The molecule has 2 fully saturated rings. The summed E-state index contributed by atoms with van der Waals surface area (Å²) in [4.78, 5) is 11.9. The molecule has 0 radical (unpaired) electrons. The predicted octanol–water partition coefficient (Wildman–Crippen LogP) is 0.526. The molecule has 0 aromatic heterocycles. The van der Waals surface area contributed by atoms with E-state index in [-0.39, 0.29) is 11.8 Å². The first-order valence-corrected chi connectivity index (χ1v) is 6.31. The molecule has 0 bridgehead atoms. The minimum atomic E-state index is 0.151. The number of amides is 1. The van der Waals surface area contributed by atoms with Crippen molar-refractivity contribution in [1.82, 2.24) is 10.6 Å². The molecule has 4 nitrogen and oxygen atoms in total. The SMILES string of the molecule is CC1NCCC1C(=O)NCC1CCOC1C. The highest BCUT2D eigenvalue weighted by atomic mass is 16.5. The number of ether oxygens (including phenoxy) is 1. The van der Waals surface area contributed by atoms with Crippen LogP contribution >= 0.6 is 0 Å². The van der Waals surface area contributed by atoms with E-state index >= 15 is 0 Å². The summed E-state index contributed by atoms with van der Waals surface area (Å²) in [5, 5.41) is 6.37. The van der Waals surface area contributed by atoms with Gasteiger partial charge in [0.1, 0.15) is 0 Å². The van der Waals surface area contributed by atoms with E-state index in [9.17, 15) is 4.79 Å². The molecule has 16 heavy (non-hydrogen) atoms. The monoisotopic (exact) mass is 226 g/mol. The van der Waals surface area contributed by atoms with Gasteiger partial charge in [0.15, 0.2) is 0 Å². The zero-order chi connectivity index (χ0) is 11.5. The lowest BCUT2D eigenvalue weighted by atomic mass is 9.99. The lowest BCUT2D eigenvalue weighted by Gasteiger charge is -2.18. The van der Waals surface area contributed by atoms with Crippen LogP contribution in [0.1, 0.15) is 26.7 Å². The van der Waals surface area contributed by atoms with Gasteiger partial charge in [0, 0.05) is 25.1 Å². The van der Waals surface area contributed by atoms with Crippen molar-refractivity contribution in [3.05, 3.63) is 0 Å². The molecule has 4 atom stereocenters. The fourth-order valence-corrected chi connectivity index (χ4v) is 2.62. The Labute approximate surface area is 97.1 Å². The van der Waals surface area contributed by atoms with E-state index in [1.807, 2.05) is 0 Å². The van der Waals surface area contributed by atoms with Crippen LogP contribution < -0.4 is 10.6 Å². The Morgan fingerprint density at radius 3 is 2.81 bits per heavy atom. The van der Waals surface area contributed by atoms with Gasteiger partial charge in [-0.15, -0.1) is 0 Å². The summed E-state index contributed by atoms with van der Waals surface area (Å²) >= 11 is 0. The minimum Gasteiger partial charge on any atom is -0.378 e. The van der Waals surface area contributed by atoms with Gasteiger partial charge in [0.25, 0.3) is 0 Å².